The van der Waals surface area contributed by atoms with Crippen molar-refractivity contribution in [2.45, 2.75) is 6.92 Å². The SMILES string of the molecule is Cc1cc(F)cc(Nc2ccncc2C(=O)c2ccccc2)c1. The van der Waals surface area contributed by atoms with Gasteiger partial charge in [-0.05, 0) is 36.8 Å². The van der Waals surface area contributed by atoms with E-state index in [9.17, 15) is 9.18 Å². The summed E-state index contributed by atoms with van der Waals surface area (Å²) in [6.45, 7) is 1.82. The lowest BCUT2D eigenvalue weighted by Crippen LogP contribution is -2.06. The molecular weight excluding hydrogens is 291 g/mol. The average Bonchev–Trinajstić information content (AvgIpc) is 2.54. The van der Waals surface area contributed by atoms with E-state index in [4.69, 9.17) is 0 Å². The number of hydrogen-bond donors (Lipinski definition) is 1. The van der Waals surface area contributed by atoms with Crippen LogP contribution in [0.25, 0.3) is 0 Å². The fourth-order valence-corrected chi connectivity index (χ4v) is 2.39. The van der Waals surface area contributed by atoms with Gasteiger partial charge < -0.3 is 5.32 Å². The van der Waals surface area contributed by atoms with Crippen molar-refractivity contribution in [3.8, 4) is 0 Å². The van der Waals surface area contributed by atoms with Crippen LogP contribution in [-0.2, 0) is 0 Å². The van der Waals surface area contributed by atoms with Crippen LogP contribution in [0.2, 0.25) is 0 Å². The largest absolute Gasteiger partial charge is 0.355 e. The van der Waals surface area contributed by atoms with Gasteiger partial charge in [0.2, 0.25) is 0 Å². The van der Waals surface area contributed by atoms with Crippen LogP contribution in [0.4, 0.5) is 15.8 Å². The third-order valence-electron chi connectivity index (χ3n) is 3.42. The number of aromatic nitrogens is 1. The molecule has 0 saturated heterocycles. The Morgan fingerprint density at radius 3 is 2.61 bits per heavy atom. The van der Waals surface area contributed by atoms with E-state index in [2.05, 4.69) is 10.3 Å². The van der Waals surface area contributed by atoms with Gasteiger partial charge >= 0.3 is 0 Å². The standard InChI is InChI=1S/C19H15FN2O/c1-13-9-15(20)11-16(10-13)22-18-7-8-21-12-17(18)19(23)14-5-3-2-4-6-14/h2-12H,1H3,(H,21,22). The van der Waals surface area contributed by atoms with Crippen LogP contribution >= 0.6 is 0 Å². The molecule has 3 rings (SSSR count). The first-order chi connectivity index (χ1) is 11.1. The highest BCUT2D eigenvalue weighted by atomic mass is 19.1. The zero-order chi connectivity index (χ0) is 16.2. The Balaban J connectivity index is 1.96. The number of pyridine rings is 1. The van der Waals surface area contributed by atoms with Crippen LogP contribution in [0.5, 0.6) is 0 Å². The summed E-state index contributed by atoms with van der Waals surface area (Å²) < 4.78 is 13.5. The van der Waals surface area contributed by atoms with E-state index in [1.54, 1.807) is 24.4 Å². The van der Waals surface area contributed by atoms with Crippen molar-refractivity contribution in [3.05, 3.63) is 89.5 Å². The van der Waals surface area contributed by atoms with Crippen molar-refractivity contribution in [3.63, 3.8) is 0 Å². The number of aryl methyl sites for hydroxylation is 1. The van der Waals surface area contributed by atoms with E-state index in [0.717, 1.165) is 5.56 Å². The molecular formula is C19H15FN2O. The molecule has 114 valence electrons. The molecule has 0 atom stereocenters. The number of halogens is 1. The molecule has 1 N–H and O–H groups in total. The molecule has 0 fully saturated rings. The number of hydrogen-bond acceptors (Lipinski definition) is 3. The minimum absolute atomic E-state index is 0.130. The third-order valence-corrected chi connectivity index (χ3v) is 3.42. The zero-order valence-corrected chi connectivity index (χ0v) is 12.6. The topological polar surface area (TPSA) is 42.0 Å². The Morgan fingerprint density at radius 1 is 1.09 bits per heavy atom. The predicted octanol–water partition coefficient (Wildman–Crippen LogP) is 4.50. The number of nitrogens with one attached hydrogen (secondary N) is 1. The van der Waals surface area contributed by atoms with Crippen LogP contribution in [0.15, 0.2) is 67.0 Å². The Bertz CT molecular complexity index is 827. The lowest BCUT2D eigenvalue weighted by molar-refractivity contribution is 0.103. The number of nitrogens with zero attached hydrogens (tertiary/aromatic N) is 1. The highest BCUT2D eigenvalue weighted by Crippen LogP contribution is 2.24. The number of carbonyl (C=O) groups excluding carboxylic acids is 1. The molecule has 3 nitrogen and oxygen atoms in total. The predicted molar refractivity (Wildman–Crippen MR) is 88.5 cm³/mol. The van der Waals surface area contributed by atoms with E-state index in [1.165, 1.54) is 18.3 Å². The van der Waals surface area contributed by atoms with Gasteiger partial charge in [-0.1, -0.05) is 30.3 Å². The van der Waals surface area contributed by atoms with Gasteiger partial charge in [0.25, 0.3) is 0 Å². The van der Waals surface area contributed by atoms with E-state index in [0.29, 0.717) is 22.5 Å². The molecule has 2 aromatic carbocycles. The summed E-state index contributed by atoms with van der Waals surface area (Å²) in [5.41, 5.74) is 3.02. The molecule has 0 unspecified atom stereocenters. The fourth-order valence-electron chi connectivity index (χ4n) is 2.39. The second-order valence-corrected chi connectivity index (χ2v) is 5.26. The first-order valence-corrected chi connectivity index (χ1v) is 7.21. The lowest BCUT2D eigenvalue weighted by atomic mass is 10.0. The normalized spacial score (nSPS) is 10.3. The molecule has 3 aromatic rings. The number of carbonyl (C=O) groups is 1. The van der Waals surface area contributed by atoms with Crippen molar-refractivity contribution in [2.24, 2.45) is 0 Å². The summed E-state index contributed by atoms with van der Waals surface area (Å²) in [7, 11) is 0. The molecule has 1 heterocycles. The molecule has 0 bridgehead atoms. The monoisotopic (exact) mass is 306 g/mol. The summed E-state index contributed by atoms with van der Waals surface area (Å²) in [4.78, 5) is 16.7. The molecule has 0 aliphatic rings. The maximum atomic E-state index is 13.5. The van der Waals surface area contributed by atoms with Gasteiger partial charge in [0, 0.05) is 23.6 Å². The first kappa shape index (κ1) is 14.9. The highest BCUT2D eigenvalue weighted by Gasteiger charge is 2.14. The molecule has 0 aliphatic heterocycles. The molecule has 0 radical (unpaired) electrons. The number of anilines is 2. The molecule has 0 aliphatic carbocycles. The lowest BCUT2D eigenvalue weighted by Gasteiger charge is -2.12. The molecule has 4 heteroatoms. The summed E-state index contributed by atoms with van der Waals surface area (Å²) >= 11 is 0. The number of ketones is 1. The van der Waals surface area contributed by atoms with Gasteiger partial charge in [-0.2, -0.15) is 0 Å². The molecule has 23 heavy (non-hydrogen) atoms. The summed E-state index contributed by atoms with van der Waals surface area (Å²) in [6, 6.07) is 15.4. The molecule has 0 saturated carbocycles. The van der Waals surface area contributed by atoms with Gasteiger partial charge in [0.1, 0.15) is 5.82 Å². The highest BCUT2D eigenvalue weighted by molar-refractivity contribution is 6.12. The smallest absolute Gasteiger partial charge is 0.196 e. The van der Waals surface area contributed by atoms with Gasteiger partial charge in [0.15, 0.2) is 5.78 Å². The van der Waals surface area contributed by atoms with Gasteiger partial charge in [-0.3, -0.25) is 9.78 Å². The van der Waals surface area contributed by atoms with Crippen molar-refractivity contribution in [1.29, 1.82) is 0 Å². The average molecular weight is 306 g/mol. The Morgan fingerprint density at radius 2 is 1.87 bits per heavy atom. The number of benzene rings is 2. The zero-order valence-electron chi connectivity index (χ0n) is 12.6. The van der Waals surface area contributed by atoms with Gasteiger partial charge in [-0.15, -0.1) is 0 Å². The summed E-state index contributed by atoms with van der Waals surface area (Å²) in [5, 5.41) is 3.10. The van der Waals surface area contributed by atoms with Crippen LogP contribution in [0.3, 0.4) is 0 Å². The van der Waals surface area contributed by atoms with Crippen molar-refractivity contribution >= 4 is 17.2 Å². The molecule has 1 aromatic heterocycles. The van der Waals surface area contributed by atoms with E-state index in [-0.39, 0.29) is 11.6 Å². The third kappa shape index (κ3) is 3.43. The minimum atomic E-state index is -0.322. The van der Waals surface area contributed by atoms with E-state index in [1.807, 2.05) is 31.2 Å². The minimum Gasteiger partial charge on any atom is -0.355 e. The van der Waals surface area contributed by atoms with Crippen LogP contribution in [0.1, 0.15) is 21.5 Å². The van der Waals surface area contributed by atoms with Gasteiger partial charge in [0.05, 0.1) is 11.3 Å². The maximum Gasteiger partial charge on any atom is 0.196 e. The fraction of sp³-hybridized carbons (Fsp3) is 0.0526. The summed E-state index contributed by atoms with van der Waals surface area (Å²) in [5.74, 6) is -0.452. The quantitative estimate of drug-likeness (QED) is 0.721. The van der Waals surface area contributed by atoms with Crippen LogP contribution in [-0.4, -0.2) is 10.8 Å². The Kier molecular flexibility index (Phi) is 4.15. The van der Waals surface area contributed by atoms with E-state index < -0.39 is 0 Å². The molecule has 0 spiro atoms. The Hall–Kier alpha value is -3.01. The van der Waals surface area contributed by atoms with Crippen LogP contribution in [0, 0.1) is 12.7 Å². The van der Waals surface area contributed by atoms with Crippen molar-refractivity contribution in [2.75, 3.05) is 5.32 Å². The Labute approximate surface area is 133 Å². The van der Waals surface area contributed by atoms with Crippen molar-refractivity contribution in [1.82, 2.24) is 4.98 Å². The second-order valence-electron chi connectivity index (χ2n) is 5.26. The summed E-state index contributed by atoms with van der Waals surface area (Å²) in [6.07, 6.45) is 3.11. The maximum absolute atomic E-state index is 13.5. The second kappa shape index (κ2) is 6.40. The number of rotatable bonds is 4. The van der Waals surface area contributed by atoms with Crippen molar-refractivity contribution < 1.29 is 9.18 Å². The van der Waals surface area contributed by atoms with E-state index >= 15 is 0 Å². The van der Waals surface area contributed by atoms with Gasteiger partial charge in [-0.25, -0.2) is 4.39 Å². The molecule has 0 amide bonds. The van der Waals surface area contributed by atoms with Crippen LogP contribution < -0.4 is 5.32 Å². The first-order valence-electron chi connectivity index (χ1n) is 7.21.